The summed E-state index contributed by atoms with van der Waals surface area (Å²) in [4.78, 5) is 10.8. The van der Waals surface area contributed by atoms with E-state index in [1.54, 1.807) is 0 Å². The molecule has 2 aliphatic rings. The predicted octanol–water partition coefficient (Wildman–Crippen LogP) is -0.189. The van der Waals surface area contributed by atoms with E-state index in [2.05, 4.69) is 16.0 Å². The predicted molar refractivity (Wildman–Crippen MR) is 46.0 cm³/mol. The first kappa shape index (κ1) is 7.86. The van der Waals surface area contributed by atoms with E-state index in [9.17, 15) is 4.79 Å². The Kier molecular flexibility index (Phi) is 1.92. The van der Waals surface area contributed by atoms with Crippen molar-refractivity contribution in [3.05, 3.63) is 0 Å². The number of hydrogen-bond acceptors (Lipinski definition) is 2. The van der Waals surface area contributed by atoms with Crippen molar-refractivity contribution in [3.8, 4) is 0 Å². The van der Waals surface area contributed by atoms with Crippen molar-refractivity contribution in [1.29, 1.82) is 0 Å². The van der Waals surface area contributed by atoms with E-state index in [1.165, 1.54) is 19.3 Å². The van der Waals surface area contributed by atoms with Crippen LogP contribution in [0.4, 0.5) is 4.79 Å². The van der Waals surface area contributed by atoms with Crippen molar-refractivity contribution in [2.45, 2.75) is 24.8 Å². The molecule has 12 heavy (non-hydrogen) atoms. The molecule has 4 heteroatoms. The Labute approximate surface area is 72.1 Å². The lowest BCUT2D eigenvalue weighted by atomic mass is 9.88. The van der Waals surface area contributed by atoms with E-state index in [4.69, 9.17) is 0 Å². The second-order valence-electron chi connectivity index (χ2n) is 3.70. The van der Waals surface area contributed by atoms with Gasteiger partial charge in [0, 0.05) is 13.1 Å². The van der Waals surface area contributed by atoms with Crippen molar-refractivity contribution in [2.75, 3.05) is 19.6 Å². The minimum Gasteiger partial charge on any atom is -0.336 e. The highest BCUT2D eigenvalue weighted by Crippen LogP contribution is 2.19. The lowest BCUT2D eigenvalue weighted by molar-refractivity contribution is 0.192. The van der Waals surface area contributed by atoms with Gasteiger partial charge in [0.2, 0.25) is 0 Å². The maximum Gasteiger partial charge on any atom is 0.314 e. The summed E-state index contributed by atoms with van der Waals surface area (Å²) in [6.45, 7) is 2.63. The Hall–Kier alpha value is -0.770. The van der Waals surface area contributed by atoms with E-state index >= 15 is 0 Å². The van der Waals surface area contributed by atoms with E-state index in [1.807, 2.05) is 0 Å². The highest BCUT2D eigenvalue weighted by molar-refractivity contribution is 5.75. The SMILES string of the molecule is O=C1NCC2(CCCCN2)CN1. The van der Waals surface area contributed by atoms with Crippen LogP contribution in [0.15, 0.2) is 0 Å². The Bertz CT molecular complexity index is 175. The summed E-state index contributed by atoms with van der Waals surface area (Å²) < 4.78 is 0. The molecule has 68 valence electrons. The fourth-order valence-corrected chi connectivity index (χ4v) is 1.96. The molecule has 2 aliphatic heterocycles. The lowest BCUT2D eigenvalue weighted by Crippen LogP contribution is -2.66. The smallest absolute Gasteiger partial charge is 0.314 e. The molecule has 4 nitrogen and oxygen atoms in total. The average Bonchev–Trinajstić information content (AvgIpc) is 2.13. The molecule has 2 saturated heterocycles. The third-order valence-electron chi connectivity index (χ3n) is 2.76. The van der Waals surface area contributed by atoms with Crippen LogP contribution in [0.2, 0.25) is 0 Å². The van der Waals surface area contributed by atoms with Crippen LogP contribution in [0.25, 0.3) is 0 Å². The maximum atomic E-state index is 10.8. The van der Waals surface area contributed by atoms with Crippen molar-refractivity contribution in [1.82, 2.24) is 16.0 Å². The van der Waals surface area contributed by atoms with E-state index in [0.717, 1.165) is 19.6 Å². The Balaban J connectivity index is 1.96. The molecule has 1 spiro atoms. The number of urea groups is 1. The third kappa shape index (κ3) is 1.39. The van der Waals surface area contributed by atoms with E-state index in [0.29, 0.717) is 0 Å². The average molecular weight is 169 g/mol. The van der Waals surface area contributed by atoms with Gasteiger partial charge in [0.25, 0.3) is 0 Å². The molecule has 0 aromatic heterocycles. The minimum atomic E-state index is -0.0343. The van der Waals surface area contributed by atoms with Gasteiger partial charge in [-0.05, 0) is 19.4 Å². The summed E-state index contributed by atoms with van der Waals surface area (Å²) in [7, 11) is 0. The largest absolute Gasteiger partial charge is 0.336 e. The quantitative estimate of drug-likeness (QED) is 0.471. The molecular formula is C8H15N3O. The molecule has 0 unspecified atom stereocenters. The maximum absolute atomic E-state index is 10.8. The zero-order chi connectivity index (χ0) is 8.44. The highest BCUT2D eigenvalue weighted by atomic mass is 16.2. The molecule has 3 N–H and O–H groups in total. The van der Waals surface area contributed by atoms with Crippen LogP contribution >= 0.6 is 0 Å². The van der Waals surface area contributed by atoms with Gasteiger partial charge in [-0.25, -0.2) is 4.79 Å². The summed E-state index contributed by atoms with van der Waals surface area (Å²) in [6.07, 6.45) is 3.69. The third-order valence-corrected chi connectivity index (χ3v) is 2.76. The lowest BCUT2D eigenvalue weighted by Gasteiger charge is -2.41. The normalized spacial score (nSPS) is 27.8. The molecule has 2 fully saturated rings. The fraction of sp³-hybridized carbons (Fsp3) is 0.875. The molecule has 0 atom stereocenters. The summed E-state index contributed by atoms with van der Waals surface area (Å²) in [5, 5.41) is 9.14. The van der Waals surface area contributed by atoms with Gasteiger partial charge in [-0.15, -0.1) is 0 Å². The van der Waals surface area contributed by atoms with Crippen LogP contribution in [0.1, 0.15) is 19.3 Å². The minimum absolute atomic E-state index is 0.0343. The van der Waals surface area contributed by atoms with Gasteiger partial charge in [0.1, 0.15) is 0 Å². The van der Waals surface area contributed by atoms with Gasteiger partial charge < -0.3 is 16.0 Å². The van der Waals surface area contributed by atoms with Crippen LogP contribution < -0.4 is 16.0 Å². The Morgan fingerprint density at radius 1 is 1.17 bits per heavy atom. The summed E-state index contributed by atoms with van der Waals surface area (Å²) >= 11 is 0. The second kappa shape index (κ2) is 2.94. The van der Waals surface area contributed by atoms with Crippen molar-refractivity contribution < 1.29 is 4.79 Å². The number of carbonyl (C=O) groups excluding carboxylic acids is 1. The molecule has 2 heterocycles. The van der Waals surface area contributed by atoms with Crippen LogP contribution in [0, 0.1) is 0 Å². The monoisotopic (exact) mass is 169 g/mol. The molecule has 0 saturated carbocycles. The van der Waals surface area contributed by atoms with Crippen molar-refractivity contribution in [2.24, 2.45) is 0 Å². The summed E-state index contributed by atoms with van der Waals surface area (Å²) in [5.41, 5.74) is 0.145. The number of hydrogen-bond donors (Lipinski definition) is 3. The van der Waals surface area contributed by atoms with Crippen LogP contribution in [0.3, 0.4) is 0 Å². The highest BCUT2D eigenvalue weighted by Gasteiger charge is 2.34. The fourth-order valence-electron chi connectivity index (χ4n) is 1.96. The van der Waals surface area contributed by atoms with E-state index in [-0.39, 0.29) is 11.6 Å². The second-order valence-corrected chi connectivity index (χ2v) is 3.70. The van der Waals surface area contributed by atoms with Crippen molar-refractivity contribution >= 4 is 6.03 Å². The van der Waals surface area contributed by atoms with Crippen LogP contribution in [-0.4, -0.2) is 31.2 Å². The molecule has 0 aromatic rings. The first-order valence-electron chi connectivity index (χ1n) is 4.58. The topological polar surface area (TPSA) is 53.2 Å². The van der Waals surface area contributed by atoms with Gasteiger partial charge in [0.15, 0.2) is 0 Å². The zero-order valence-corrected chi connectivity index (χ0v) is 7.15. The van der Waals surface area contributed by atoms with Crippen LogP contribution in [-0.2, 0) is 0 Å². The van der Waals surface area contributed by atoms with Crippen LogP contribution in [0.5, 0.6) is 0 Å². The summed E-state index contributed by atoms with van der Waals surface area (Å²) in [6, 6.07) is -0.0343. The van der Waals surface area contributed by atoms with Gasteiger partial charge in [-0.3, -0.25) is 0 Å². The molecule has 2 amide bonds. The molecule has 0 bridgehead atoms. The van der Waals surface area contributed by atoms with Gasteiger partial charge in [-0.2, -0.15) is 0 Å². The number of amides is 2. The van der Waals surface area contributed by atoms with Gasteiger partial charge >= 0.3 is 6.03 Å². The first-order chi connectivity index (χ1) is 5.81. The molecule has 0 aliphatic carbocycles. The number of nitrogens with one attached hydrogen (secondary N) is 3. The zero-order valence-electron chi connectivity index (χ0n) is 7.15. The first-order valence-corrected chi connectivity index (χ1v) is 4.58. The molecular weight excluding hydrogens is 154 g/mol. The standard InChI is InChI=1S/C8H15N3O/c12-7-9-5-8(6-10-7)3-1-2-4-11-8/h11H,1-6H2,(H2,9,10,12). The Morgan fingerprint density at radius 2 is 1.92 bits per heavy atom. The van der Waals surface area contributed by atoms with Crippen molar-refractivity contribution in [3.63, 3.8) is 0 Å². The Morgan fingerprint density at radius 3 is 2.50 bits per heavy atom. The van der Waals surface area contributed by atoms with Gasteiger partial charge in [0.05, 0.1) is 5.54 Å². The number of piperidine rings is 1. The molecule has 2 rings (SSSR count). The van der Waals surface area contributed by atoms with Gasteiger partial charge in [-0.1, -0.05) is 6.42 Å². The van der Waals surface area contributed by atoms with E-state index < -0.39 is 0 Å². The summed E-state index contributed by atoms with van der Waals surface area (Å²) in [5.74, 6) is 0. The number of rotatable bonds is 0. The number of carbonyl (C=O) groups is 1. The molecule has 0 radical (unpaired) electrons. The molecule has 0 aromatic carbocycles.